The zero-order valence-corrected chi connectivity index (χ0v) is 9.96. The normalized spacial score (nSPS) is 11.3. The van der Waals surface area contributed by atoms with Crippen molar-refractivity contribution in [3.63, 3.8) is 0 Å². The van der Waals surface area contributed by atoms with E-state index >= 15 is 0 Å². The Bertz CT molecular complexity index is 622. The Balaban J connectivity index is 2.31. The molecule has 1 N–H and O–H groups in total. The monoisotopic (exact) mass is 286 g/mol. The molecule has 5 nitrogen and oxygen atoms in total. The van der Waals surface area contributed by atoms with Crippen molar-refractivity contribution in [2.24, 2.45) is 0 Å². The molecule has 1 aromatic heterocycles. The number of hydrogen-bond donors (Lipinski definition) is 1. The fourth-order valence-electron chi connectivity index (χ4n) is 1.57. The van der Waals surface area contributed by atoms with E-state index in [9.17, 15) is 18.0 Å². The third-order valence-corrected chi connectivity index (χ3v) is 2.38. The summed E-state index contributed by atoms with van der Waals surface area (Å²) in [6.07, 6.45) is -2.17. The third-order valence-electron chi connectivity index (χ3n) is 2.38. The Labute approximate surface area is 111 Å². The van der Waals surface area contributed by atoms with Crippen LogP contribution in [-0.2, 0) is 11.0 Å². The van der Waals surface area contributed by atoms with Gasteiger partial charge >= 0.3 is 12.1 Å². The molecule has 0 saturated carbocycles. The summed E-state index contributed by atoms with van der Waals surface area (Å²) in [5, 5.41) is 12.2. The summed E-state index contributed by atoms with van der Waals surface area (Å²) >= 11 is 0. The molecule has 106 valence electrons. The van der Waals surface area contributed by atoms with Crippen LogP contribution in [-0.4, -0.2) is 27.5 Å². The Morgan fingerprint density at radius 3 is 2.70 bits per heavy atom. The van der Waals surface area contributed by atoms with E-state index in [2.05, 4.69) is 5.10 Å². The molecule has 8 heteroatoms. The van der Waals surface area contributed by atoms with E-state index in [1.165, 1.54) is 24.4 Å². The van der Waals surface area contributed by atoms with Gasteiger partial charge in [0.1, 0.15) is 0 Å². The summed E-state index contributed by atoms with van der Waals surface area (Å²) < 4.78 is 44.4. The molecule has 20 heavy (non-hydrogen) atoms. The van der Waals surface area contributed by atoms with Crippen molar-refractivity contribution in [3.8, 4) is 11.4 Å². The standard InChI is InChI=1S/C12H9F3N2O3/c13-12(14,15)9-3-1-2-4-10(9)17-6-8(5-16-17)20-7-11(18)19/h1-6H,7H2,(H,18,19). The highest BCUT2D eigenvalue weighted by Gasteiger charge is 2.33. The molecule has 0 fully saturated rings. The fourth-order valence-corrected chi connectivity index (χ4v) is 1.57. The molecule has 0 aliphatic carbocycles. The molecule has 0 aliphatic rings. The maximum absolute atomic E-state index is 12.8. The first kappa shape index (κ1) is 13.9. The van der Waals surface area contributed by atoms with Crippen molar-refractivity contribution in [2.75, 3.05) is 6.61 Å². The number of rotatable bonds is 4. The van der Waals surface area contributed by atoms with E-state index in [1.807, 2.05) is 0 Å². The summed E-state index contributed by atoms with van der Waals surface area (Å²) in [5.41, 5.74) is -1.00. The first-order chi connectivity index (χ1) is 9.38. The number of aromatic nitrogens is 2. The van der Waals surface area contributed by atoms with Crippen LogP contribution in [0, 0.1) is 0 Å². The summed E-state index contributed by atoms with van der Waals surface area (Å²) in [6, 6.07) is 4.92. The molecular weight excluding hydrogens is 277 g/mol. The molecule has 0 spiro atoms. The van der Waals surface area contributed by atoms with Gasteiger partial charge in [-0.15, -0.1) is 0 Å². The summed E-state index contributed by atoms with van der Waals surface area (Å²) in [6.45, 7) is -0.591. The Morgan fingerprint density at radius 1 is 1.35 bits per heavy atom. The number of nitrogens with zero attached hydrogens (tertiary/aromatic N) is 2. The van der Waals surface area contributed by atoms with Gasteiger partial charge in [-0.3, -0.25) is 0 Å². The average Bonchev–Trinajstić information content (AvgIpc) is 2.84. The topological polar surface area (TPSA) is 64.3 Å². The smallest absolute Gasteiger partial charge is 0.418 e. The van der Waals surface area contributed by atoms with Crippen molar-refractivity contribution in [3.05, 3.63) is 42.2 Å². The van der Waals surface area contributed by atoms with Gasteiger partial charge in [-0.05, 0) is 12.1 Å². The Morgan fingerprint density at radius 2 is 2.05 bits per heavy atom. The van der Waals surface area contributed by atoms with Crippen molar-refractivity contribution in [1.29, 1.82) is 0 Å². The molecule has 0 bridgehead atoms. The SMILES string of the molecule is O=C(O)COc1cnn(-c2ccccc2C(F)(F)F)c1. The molecule has 0 atom stereocenters. The number of halogens is 3. The lowest BCUT2D eigenvalue weighted by atomic mass is 10.2. The zero-order chi connectivity index (χ0) is 14.8. The average molecular weight is 286 g/mol. The molecule has 0 radical (unpaired) electrons. The third kappa shape index (κ3) is 3.08. The van der Waals surface area contributed by atoms with E-state index in [4.69, 9.17) is 9.84 Å². The minimum atomic E-state index is -4.51. The lowest BCUT2D eigenvalue weighted by Crippen LogP contribution is -2.11. The molecule has 0 saturated heterocycles. The van der Waals surface area contributed by atoms with Crippen LogP contribution in [0.15, 0.2) is 36.7 Å². The van der Waals surface area contributed by atoms with Gasteiger partial charge in [0.05, 0.1) is 23.6 Å². The maximum Gasteiger partial charge on any atom is 0.418 e. The highest BCUT2D eigenvalue weighted by molar-refractivity contribution is 5.68. The highest BCUT2D eigenvalue weighted by atomic mass is 19.4. The fraction of sp³-hybridized carbons (Fsp3) is 0.167. The first-order valence-corrected chi connectivity index (χ1v) is 5.44. The van der Waals surface area contributed by atoms with Gasteiger partial charge in [0.15, 0.2) is 12.4 Å². The molecule has 0 amide bonds. The number of carbonyl (C=O) groups is 1. The van der Waals surface area contributed by atoms with Crippen LogP contribution in [0.3, 0.4) is 0 Å². The molecule has 0 unspecified atom stereocenters. The predicted molar refractivity (Wildman–Crippen MR) is 61.7 cm³/mol. The maximum atomic E-state index is 12.8. The van der Waals surface area contributed by atoms with Crippen LogP contribution >= 0.6 is 0 Å². The number of benzene rings is 1. The van der Waals surface area contributed by atoms with E-state index in [0.717, 1.165) is 16.9 Å². The number of alkyl halides is 3. The van der Waals surface area contributed by atoms with Crippen molar-refractivity contribution < 1.29 is 27.8 Å². The second-order valence-corrected chi connectivity index (χ2v) is 3.82. The number of ether oxygens (including phenoxy) is 1. The molecular formula is C12H9F3N2O3. The quantitative estimate of drug-likeness (QED) is 0.937. The first-order valence-electron chi connectivity index (χ1n) is 5.44. The minimum Gasteiger partial charge on any atom is -0.479 e. The van der Waals surface area contributed by atoms with Crippen molar-refractivity contribution in [1.82, 2.24) is 9.78 Å². The van der Waals surface area contributed by atoms with Crippen LogP contribution in [0.2, 0.25) is 0 Å². The highest BCUT2D eigenvalue weighted by Crippen LogP contribution is 2.33. The largest absolute Gasteiger partial charge is 0.479 e. The second-order valence-electron chi connectivity index (χ2n) is 3.82. The zero-order valence-electron chi connectivity index (χ0n) is 9.96. The molecule has 2 rings (SSSR count). The molecule has 1 aromatic carbocycles. The number of carboxylic acid groups (broad SMARTS) is 1. The number of aliphatic carboxylic acids is 1. The van der Waals surface area contributed by atoms with Crippen LogP contribution < -0.4 is 4.74 Å². The van der Waals surface area contributed by atoms with Gasteiger partial charge in [-0.2, -0.15) is 18.3 Å². The number of hydrogen-bond acceptors (Lipinski definition) is 3. The van der Waals surface area contributed by atoms with Gasteiger partial charge in [0.25, 0.3) is 0 Å². The molecule has 2 aromatic rings. The molecule has 0 aliphatic heterocycles. The van der Waals surface area contributed by atoms with E-state index in [1.54, 1.807) is 0 Å². The van der Waals surface area contributed by atoms with Gasteiger partial charge in [-0.1, -0.05) is 12.1 Å². The van der Waals surface area contributed by atoms with Gasteiger partial charge < -0.3 is 9.84 Å². The Hall–Kier alpha value is -2.51. The van der Waals surface area contributed by atoms with Crippen LogP contribution in [0.1, 0.15) is 5.56 Å². The number of para-hydroxylation sites is 1. The summed E-state index contributed by atoms with van der Waals surface area (Å²) in [7, 11) is 0. The van der Waals surface area contributed by atoms with Gasteiger partial charge in [0, 0.05) is 0 Å². The lowest BCUT2D eigenvalue weighted by molar-refractivity contribution is -0.139. The molecule has 1 heterocycles. The van der Waals surface area contributed by atoms with Crippen LogP contribution in [0.25, 0.3) is 5.69 Å². The van der Waals surface area contributed by atoms with E-state index < -0.39 is 24.3 Å². The van der Waals surface area contributed by atoms with Crippen LogP contribution in [0.4, 0.5) is 13.2 Å². The number of carboxylic acids is 1. The van der Waals surface area contributed by atoms with Gasteiger partial charge in [-0.25, -0.2) is 9.48 Å². The lowest BCUT2D eigenvalue weighted by Gasteiger charge is -2.12. The summed E-state index contributed by atoms with van der Waals surface area (Å²) in [4.78, 5) is 10.3. The minimum absolute atomic E-state index is 0.0735. The second kappa shape index (κ2) is 5.24. The van der Waals surface area contributed by atoms with E-state index in [0.29, 0.717) is 0 Å². The van der Waals surface area contributed by atoms with Crippen molar-refractivity contribution in [2.45, 2.75) is 6.18 Å². The van der Waals surface area contributed by atoms with Gasteiger partial charge in [0.2, 0.25) is 0 Å². The predicted octanol–water partition coefficient (Wildman–Crippen LogP) is 2.35. The summed E-state index contributed by atoms with van der Waals surface area (Å²) in [5.74, 6) is -1.11. The van der Waals surface area contributed by atoms with Crippen LogP contribution in [0.5, 0.6) is 5.75 Å². The Kier molecular flexibility index (Phi) is 3.64. The van der Waals surface area contributed by atoms with Crippen molar-refractivity contribution >= 4 is 5.97 Å². The van der Waals surface area contributed by atoms with E-state index in [-0.39, 0.29) is 11.4 Å².